The van der Waals surface area contributed by atoms with E-state index in [0.717, 1.165) is 5.56 Å². The number of hydrogen-bond donors (Lipinski definition) is 1. The lowest BCUT2D eigenvalue weighted by Crippen LogP contribution is -2.19. The molecule has 0 bridgehead atoms. The molecule has 0 spiro atoms. The fraction of sp³-hybridized carbons (Fsp3) is 0.100. The molecular weight excluding hydrogens is 342 g/mol. The molecule has 4 heterocycles. The summed E-state index contributed by atoms with van der Waals surface area (Å²) in [7, 11) is 0. The summed E-state index contributed by atoms with van der Waals surface area (Å²) in [5.74, 6) is 0.749. The first kappa shape index (κ1) is 16.7. The third-order valence-electron chi connectivity index (χ3n) is 4.14. The van der Waals surface area contributed by atoms with Crippen LogP contribution in [0, 0.1) is 0 Å². The molecule has 134 valence electrons. The molecule has 0 aromatic carbocycles. The van der Waals surface area contributed by atoms with Crippen LogP contribution in [0.3, 0.4) is 0 Å². The fourth-order valence-electron chi connectivity index (χ4n) is 2.83. The fourth-order valence-corrected chi connectivity index (χ4v) is 2.83. The Balaban J connectivity index is 1.72. The average molecular weight is 359 g/mol. The second-order valence-electron chi connectivity index (χ2n) is 6.00. The van der Waals surface area contributed by atoms with E-state index < -0.39 is 0 Å². The number of pyridine rings is 2. The van der Waals surface area contributed by atoms with Crippen LogP contribution in [0.15, 0.2) is 72.1 Å². The molecule has 1 aliphatic rings. The van der Waals surface area contributed by atoms with Gasteiger partial charge < -0.3 is 15.0 Å². The van der Waals surface area contributed by atoms with Crippen LogP contribution >= 0.6 is 0 Å². The monoisotopic (exact) mass is 359 g/mol. The van der Waals surface area contributed by atoms with Gasteiger partial charge in [0.05, 0.1) is 6.54 Å². The third kappa shape index (κ3) is 3.62. The van der Waals surface area contributed by atoms with Gasteiger partial charge in [0.2, 0.25) is 5.95 Å². The standard InChI is InChI=1S/C20H17N5O2/c21-20-23-12-16(19(24-20)17-5-1-2-9-27-17)15-6-8-25(18(26)10-15)13-14-4-3-7-22-11-14/h1-8,10-12H,9,13H2,(H2,21,23,24). The Morgan fingerprint density at radius 2 is 2.19 bits per heavy atom. The summed E-state index contributed by atoms with van der Waals surface area (Å²) >= 11 is 0. The largest absolute Gasteiger partial charge is 0.487 e. The number of nitrogens with two attached hydrogens (primary N) is 1. The van der Waals surface area contributed by atoms with E-state index in [2.05, 4.69) is 15.0 Å². The van der Waals surface area contributed by atoms with Gasteiger partial charge in [-0.05, 0) is 35.4 Å². The molecule has 0 fully saturated rings. The van der Waals surface area contributed by atoms with Crippen LogP contribution in [0.2, 0.25) is 0 Å². The molecule has 0 unspecified atom stereocenters. The topological polar surface area (TPSA) is 95.9 Å². The zero-order valence-corrected chi connectivity index (χ0v) is 14.4. The molecule has 2 N–H and O–H groups in total. The molecule has 0 amide bonds. The Kier molecular flexibility index (Phi) is 4.49. The van der Waals surface area contributed by atoms with Crippen molar-refractivity contribution < 1.29 is 4.74 Å². The Bertz CT molecular complexity index is 1090. The number of ether oxygens (including phenoxy) is 1. The number of hydrogen-bond acceptors (Lipinski definition) is 6. The zero-order chi connectivity index (χ0) is 18.6. The van der Waals surface area contributed by atoms with E-state index >= 15 is 0 Å². The first-order valence-electron chi connectivity index (χ1n) is 8.43. The van der Waals surface area contributed by atoms with Crippen LogP contribution in [0.4, 0.5) is 5.95 Å². The molecule has 4 rings (SSSR count). The van der Waals surface area contributed by atoms with E-state index in [1.165, 1.54) is 0 Å². The van der Waals surface area contributed by atoms with Crippen LogP contribution in [0.5, 0.6) is 0 Å². The molecule has 0 aliphatic carbocycles. The lowest BCUT2D eigenvalue weighted by Gasteiger charge is -2.15. The van der Waals surface area contributed by atoms with Gasteiger partial charge >= 0.3 is 0 Å². The smallest absolute Gasteiger partial charge is 0.251 e. The van der Waals surface area contributed by atoms with E-state index in [0.29, 0.717) is 35.7 Å². The van der Waals surface area contributed by atoms with Gasteiger partial charge in [-0.1, -0.05) is 12.1 Å². The number of aromatic nitrogens is 4. The Morgan fingerprint density at radius 1 is 1.26 bits per heavy atom. The quantitative estimate of drug-likeness (QED) is 0.768. The minimum atomic E-state index is -0.127. The number of nitrogen functional groups attached to an aromatic ring is 1. The molecule has 0 saturated carbocycles. The summed E-state index contributed by atoms with van der Waals surface area (Å²) < 4.78 is 7.27. The number of rotatable bonds is 4. The molecule has 0 atom stereocenters. The molecular formula is C20H17N5O2. The van der Waals surface area contributed by atoms with Gasteiger partial charge in [0, 0.05) is 36.4 Å². The van der Waals surface area contributed by atoms with Gasteiger partial charge in [-0.2, -0.15) is 0 Å². The minimum absolute atomic E-state index is 0.127. The van der Waals surface area contributed by atoms with Crippen LogP contribution in [0.1, 0.15) is 11.3 Å². The van der Waals surface area contributed by atoms with Crippen molar-refractivity contribution in [1.82, 2.24) is 19.5 Å². The normalized spacial score (nSPS) is 13.1. The highest BCUT2D eigenvalue weighted by atomic mass is 16.5. The van der Waals surface area contributed by atoms with E-state index in [9.17, 15) is 4.79 Å². The molecule has 27 heavy (non-hydrogen) atoms. The van der Waals surface area contributed by atoms with Crippen molar-refractivity contribution in [1.29, 1.82) is 0 Å². The van der Waals surface area contributed by atoms with Gasteiger partial charge in [0.1, 0.15) is 18.1 Å². The number of allylic oxidation sites excluding steroid dienone is 2. The van der Waals surface area contributed by atoms with Crippen LogP contribution in [-0.2, 0) is 11.3 Å². The SMILES string of the molecule is Nc1ncc(-c2ccn(Cc3cccnc3)c(=O)c2)c(C2=CC=CCO2)n1. The highest BCUT2D eigenvalue weighted by Gasteiger charge is 2.16. The molecule has 3 aromatic rings. The first-order valence-corrected chi connectivity index (χ1v) is 8.43. The van der Waals surface area contributed by atoms with E-state index in [1.54, 1.807) is 35.4 Å². The predicted octanol–water partition coefficient (Wildman–Crippen LogP) is 2.26. The van der Waals surface area contributed by atoms with Crippen molar-refractivity contribution in [2.24, 2.45) is 0 Å². The zero-order valence-electron chi connectivity index (χ0n) is 14.4. The van der Waals surface area contributed by atoms with E-state index in [-0.39, 0.29) is 11.5 Å². The predicted molar refractivity (Wildman–Crippen MR) is 103 cm³/mol. The Hall–Kier alpha value is -3.74. The van der Waals surface area contributed by atoms with Crippen molar-refractivity contribution in [3.8, 4) is 11.1 Å². The van der Waals surface area contributed by atoms with Gasteiger partial charge in [-0.25, -0.2) is 9.97 Å². The molecule has 0 saturated heterocycles. The highest BCUT2D eigenvalue weighted by molar-refractivity contribution is 5.77. The molecule has 1 aliphatic heterocycles. The summed E-state index contributed by atoms with van der Waals surface area (Å²) in [5, 5.41) is 0. The van der Waals surface area contributed by atoms with E-state index in [1.807, 2.05) is 36.4 Å². The summed E-state index contributed by atoms with van der Waals surface area (Å²) in [4.78, 5) is 25.1. The first-order chi connectivity index (χ1) is 13.2. The van der Waals surface area contributed by atoms with Crippen LogP contribution in [-0.4, -0.2) is 26.1 Å². The third-order valence-corrected chi connectivity index (χ3v) is 4.14. The van der Waals surface area contributed by atoms with Crippen molar-refractivity contribution in [2.45, 2.75) is 6.54 Å². The molecule has 0 radical (unpaired) electrons. The minimum Gasteiger partial charge on any atom is -0.487 e. The highest BCUT2D eigenvalue weighted by Crippen LogP contribution is 2.28. The van der Waals surface area contributed by atoms with Gasteiger partial charge in [0.25, 0.3) is 5.56 Å². The summed E-state index contributed by atoms with van der Waals surface area (Å²) in [6, 6.07) is 7.20. The maximum Gasteiger partial charge on any atom is 0.251 e. The number of anilines is 1. The molecule has 7 heteroatoms. The van der Waals surface area contributed by atoms with Crippen molar-refractivity contribution in [2.75, 3.05) is 12.3 Å². The molecule has 3 aromatic heterocycles. The summed E-state index contributed by atoms with van der Waals surface area (Å²) in [6.45, 7) is 0.916. The Morgan fingerprint density at radius 3 is 2.93 bits per heavy atom. The van der Waals surface area contributed by atoms with Gasteiger partial charge in [-0.15, -0.1) is 0 Å². The molecule has 7 nitrogen and oxygen atoms in total. The summed E-state index contributed by atoms with van der Waals surface area (Å²) in [6.07, 6.45) is 12.4. The second-order valence-corrected chi connectivity index (χ2v) is 6.00. The average Bonchev–Trinajstić information content (AvgIpc) is 2.71. The lowest BCUT2D eigenvalue weighted by atomic mass is 10.1. The van der Waals surface area contributed by atoms with Crippen LogP contribution < -0.4 is 11.3 Å². The van der Waals surface area contributed by atoms with Gasteiger partial charge in [0.15, 0.2) is 0 Å². The lowest BCUT2D eigenvalue weighted by molar-refractivity contribution is 0.314. The maximum absolute atomic E-state index is 12.6. The Labute approximate surface area is 155 Å². The maximum atomic E-state index is 12.6. The van der Waals surface area contributed by atoms with E-state index in [4.69, 9.17) is 10.5 Å². The van der Waals surface area contributed by atoms with Crippen molar-refractivity contribution >= 4 is 11.7 Å². The summed E-state index contributed by atoms with van der Waals surface area (Å²) in [5.41, 5.74) is 8.55. The van der Waals surface area contributed by atoms with Crippen molar-refractivity contribution in [3.05, 3.63) is 88.9 Å². The second kappa shape index (κ2) is 7.25. The van der Waals surface area contributed by atoms with Gasteiger partial charge in [-0.3, -0.25) is 9.78 Å². The number of nitrogens with zero attached hydrogens (tertiary/aromatic N) is 4. The van der Waals surface area contributed by atoms with Crippen LogP contribution in [0.25, 0.3) is 16.9 Å². The van der Waals surface area contributed by atoms with Crippen molar-refractivity contribution in [3.63, 3.8) is 0 Å².